The summed E-state index contributed by atoms with van der Waals surface area (Å²) < 4.78 is 24.5. The molecule has 1 fully saturated rings. The standard InChI is InChI=1S/C26H30FN3O2/c1-31-26-9-6-22(15-24(26)20-29-11-13-32-14-12-29)18-30(19-23-3-2-10-28-16-23)17-21-4-7-25(27)8-5-21/h2-10,15-16H,11-14,17-20H2,1H3. The second-order valence-electron chi connectivity index (χ2n) is 8.17. The molecule has 0 amide bonds. The maximum atomic E-state index is 13.4. The van der Waals surface area contributed by atoms with Crippen LogP contribution in [0.5, 0.6) is 5.75 Å². The Labute approximate surface area is 189 Å². The minimum atomic E-state index is -0.213. The van der Waals surface area contributed by atoms with Gasteiger partial charge in [-0.05, 0) is 47.0 Å². The Morgan fingerprint density at radius 1 is 0.969 bits per heavy atom. The number of hydrogen-bond acceptors (Lipinski definition) is 5. The minimum absolute atomic E-state index is 0.213. The summed E-state index contributed by atoms with van der Waals surface area (Å²) in [5, 5.41) is 0. The van der Waals surface area contributed by atoms with E-state index >= 15 is 0 Å². The van der Waals surface area contributed by atoms with E-state index in [1.165, 1.54) is 23.3 Å². The van der Waals surface area contributed by atoms with Crippen LogP contribution in [0.15, 0.2) is 67.0 Å². The van der Waals surface area contributed by atoms with Crippen LogP contribution < -0.4 is 4.74 Å². The Bertz CT molecular complexity index is 976. The minimum Gasteiger partial charge on any atom is -0.496 e. The fraction of sp³-hybridized carbons (Fsp3) is 0.346. The van der Waals surface area contributed by atoms with Crippen molar-refractivity contribution in [3.05, 3.63) is 95.1 Å². The first kappa shape index (κ1) is 22.4. The smallest absolute Gasteiger partial charge is 0.123 e. The number of halogens is 1. The number of rotatable bonds is 9. The van der Waals surface area contributed by atoms with Crippen LogP contribution in [0.4, 0.5) is 4.39 Å². The van der Waals surface area contributed by atoms with E-state index in [1.807, 2.05) is 24.4 Å². The molecule has 5 nitrogen and oxygen atoms in total. The lowest BCUT2D eigenvalue weighted by atomic mass is 10.1. The third kappa shape index (κ3) is 6.36. The first-order valence-corrected chi connectivity index (χ1v) is 11.0. The lowest BCUT2D eigenvalue weighted by Gasteiger charge is -2.28. The number of aromatic nitrogens is 1. The average molecular weight is 436 g/mol. The number of nitrogens with zero attached hydrogens (tertiary/aromatic N) is 3. The highest BCUT2D eigenvalue weighted by atomic mass is 19.1. The van der Waals surface area contributed by atoms with E-state index in [2.05, 4.69) is 39.0 Å². The summed E-state index contributed by atoms with van der Waals surface area (Å²) in [6.45, 7) is 6.52. The summed E-state index contributed by atoms with van der Waals surface area (Å²) in [5.41, 5.74) is 4.64. The molecule has 168 valence electrons. The molecule has 0 atom stereocenters. The van der Waals surface area contributed by atoms with Crippen molar-refractivity contribution in [2.24, 2.45) is 0 Å². The van der Waals surface area contributed by atoms with Crippen molar-refractivity contribution in [2.45, 2.75) is 26.2 Å². The molecule has 0 bridgehead atoms. The normalized spacial score (nSPS) is 14.6. The van der Waals surface area contributed by atoms with Crippen molar-refractivity contribution in [2.75, 3.05) is 33.4 Å². The van der Waals surface area contributed by atoms with Crippen LogP contribution in [0.3, 0.4) is 0 Å². The van der Waals surface area contributed by atoms with Crippen LogP contribution >= 0.6 is 0 Å². The average Bonchev–Trinajstić information content (AvgIpc) is 2.82. The Balaban J connectivity index is 1.53. The molecule has 0 radical (unpaired) electrons. The van der Waals surface area contributed by atoms with Crippen molar-refractivity contribution in [3.8, 4) is 5.75 Å². The molecule has 1 saturated heterocycles. The lowest BCUT2D eigenvalue weighted by molar-refractivity contribution is 0.0338. The Morgan fingerprint density at radius 2 is 1.69 bits per heavy atom. The molecule has 2 heterocycles. The largest absolute Gasteiger partial charge is 0.496 e. The van der Waals surface area contributed by atoms with Crippen LogP contribution in [0.1, 0.15) is 22.3 Å². The fourth-order valence-electron chi connectivity index (χ4n) is 4.08. The monoisotopic (exact) mass is 435 g/mol. The molecule has 32 heavy (non-hydrogen) atoms. The van der Waals surface area contributed by atoms with E-state index in [-0.39, 0.29) is 5.82 Å². The molecule has 0 N–H and O–H groups in total. The van der Waals surface area contributed by atoms with Crippen molar-refractivity contribution in [1.82, 2.24) is 14.8 Å². The lowest BCUT2D eigenvalue weighted by Crippen LogP contribution is -2.35. The van der Waals surface area contributed by atoms with Gasteiger partial charge in [0, 0.05) is 57.2 Å². The third-order valence-corrected chi connectivity index (χ3v) is 5.70. The van der Waals surface area contributed by atoms with Crippen LogP contribution in [0.2, 0.25) is 0 Å². The zero-order valence-corrected chi connectivity index (χ0v) is 18.5. The number of pyridine rings is 1. The Morgan fingerprint density at radius 3 is 2.41 bits per heavy atom. The van der Waals surface area contributed by atoms with E-state index in [0.29, 0.717) is 0 Å². The topological polar surface area (TPSA) is 37.8 Å². The molecule has 0 unspecified atom stereocenters. The molecular formula is C26H30FN3O2. The highest BCUT2D eigenvalue weighted by molar-refractivity contribution is 5.37. The number of methoxy groups -OCH3 is 1. The molecule has 3 aromatic rings. The summed E-state index contributed by atoms with van der Waals surface area (Å²) in [7, 11) is 1.72. The molecule has 4 rings (SSSR count). The van der Waals surface area contributed by atoms with Gasteiger partial charge < -0.3 is 9.47 Å². The van der Waals surface area contributed by atoms with Gasteiger partial charge in [-0.1, -0.05) is 24.3 Å². The van der Waals surface area contributed by atoms with E-state index in [1.54, 1.807) is 13.3 Å². The maximum absolute atomic E-state index is 13.4. The van der Waals surface area contributed by atoms with Gasteiger partial charge in [-0.2, -0.15) is 0 Å². The van der Waals surface area contributed by atoms with Crippen molar-refractivity contribution < 1.29 is 13.9 Å². The summed E-state index contributed by atoms with van der Waals surface area (Å²) >= 11 is 0. The fourth-order valence-corrected chi connectivity index (χ4v) is 4.08. The summed E-state index contributed by atoms with van der Waals surface area (Å²) in [4.78, 5) is 9.01. The van der Waals surface area contributed by atoms with Gasteiger partial charge in [-0.15, -0.1) is 0 Å². The second kappa shape index (κ2) is 11.2. The van der Waals surface area contributed by atoms with Crippen LogP contribution in [0.25, 0.3) is 0 Å². The number of morpholine rings is 1. The van der Waals surface area contributed by atoms with Crippen LogP contribution in [0, 0.1) is 5.82 Å². The van der Waals surface area contributed by atoms with Crippen LogP contribution in [-0.2, 0) is 30.9 Å². The molecule has 0 spiro atoms. The van der Waals surface area contributed by atoms with Gasteiger partial charge in [0.2, 0.25) is 0 Å². The van der Waals surface area contributed by atoms with E-state index in [0.717, 1.165) is 69.4 Å². The van der Waals surface area contributed by atoms with E-state index < -0.39 is 0 Å². The van der Waals surface area contributed by atoms with E-state index in [9.17, 15) is 4.39 Å². The second-order valence-corrected chi connectivity index (χ2v) is 8.17. The van der Waals surface area contributed by atoms with Crippen molar-refractivity contribution in [1.29, 1.82) is 0 Å². The highest BCUT2D eigenvalue weighted by Crippen LogP contribution is 2.24. The van der Waals surface area contributed by atoms with Gasteiger partial charge >= 0.3 is 0 Å². The Hall–Kier alpha value is -2.80. The molecule has 1 aliphatic rings. The van der Waals surface area contributed by atoms with Gasteiger partial charge in [0.1, 0.15) is 11.6 Å². The zero-order valence-electron chi connectivity index (χ0n) is 18.5. The van der Waals surface area contributed by atoms with Gasteiger partial charge in [0.05, 0.1) is 20.3 Å². The van der Waals surface area contributed by atoms with Crippen molar-refractivity contribution >= 4 is 0 Å². The van der Waals surface area contributed by atoms with Gasteiger partial charge in [0.15, 0.2) is 0 Å². The number of benzene rings is 2. The van der Waals surface area contributed by atoms with Gasteiger partial charge in [0.25, 0.3) is 0 Å². The molecule has 0 aliphatic carbocycles. The predicted molar refractivity (Wildman–Crippen MR) is 123 cm³/mol. The predicted octanol–water partition coefficient (Wildman–Crippen LogP) is 4.26. The number of hydrogen-bond donors (Lipinski definition) is 0. The van der Waals surface area contributed by atoms with Gasteiger partial charge in [-0.25, -0.2) is 4.39 Å². The molecular weight excluding hydrogens is 405 g/mol. The van der Waals surface area contributed by atoms with Crippen LogP contribution in [-0.4, -0.2) is 48.2 Å². The molecule has 2 aromatic carbocycles. The summed E-state index contributed by atoms with van der Waals surface area (Å²) in [6, 6.07) is 17.2. The molecule has 1 aliphatic heterocycles. The third-order valence-electron chi connectivity index (χ3n) is 5.70. The SMILES string of the molecule is COc1ccc(CN(Cc2ccc(F)cc2)Cc2cccnc2)cc1CN1CCOCC1. The van der Waals surface area contributed by atoms with Crippen molar-refractivity contribution in [3.63, 3.8) is 0 Å². The summed E-state index contributed by atoms with van der Waals surface area (Å²) in [6.07, 6.45) is 3.69. The number of ether oxygens (including phenoxy) is 2. The maximum Gasteiger partial charge on any atom is 0.123 e. The Kier molecular flexibility index (Phi) is 7.82. The van der Waals surface area contributed by atoms with Gasteiger partial charge in [-0.3, -0.25) is 14.8 Å². The molecule has 1 aromatic heterocycles. The highest BCUT2D eigenvalue weighted by Gasteiger charge is 2.15. The first-order valence-electron chi connectivity index (χ1n) is 11.0. The summed E-state index contributed by atoms with van der Waals surface area (Å²) in [5.74, 6) is 0.702. The zero-order chi connectivity index (χ0) is 22.2. The molecule has 6 heteroatoms. The molecule has 0 saturated carbocycles. The first-order chi connectivity index (χ1) is 15.7. The quantitative estimate of drug-likeness (QED) is 0.502. The van der Waals surface area contributed by atoms with E-state index in [4.69, 9.17) is 9.47 Å².